The summed E-state index contributed by atoms with van der Waals surface area (Å²) in [6, 6.07) is 55.4. The lowest BCUT2D eigenvalue weighted by Gasteiger charge is -2.16. The zero-order valence-corrected chi connectivity index (χ0v) is 26.7. The van der Waals surface area contributed by atoms with E-state index in [2.05, 4.69) is 73.3 Å². The van der Waals surface area contributed by atoms with E-state index in [1.54, 1.807) is 0 Å². The number of fused-ring (bicyclic) bond motifs is 1. The molecule has 0 aliphatic carbocycles. The van der Waals surface area contributed by atoms with Crippen LogP contribution in [0.1, 0.15) is 11.3 Å². The molecule has 232 valence electrons. The number of hydrogen-bond acceptors (Lipinski definition) is 4. The van der Waals surface area contributed by atoms with Gasteiger partial charge in [0.25, 0.3) is 0 Å². The molecule has 0 saturated heterocycles. The second kappa shape index (κ2) is 13.2. The molecule has 4 heteroatoms. The standard InChI is InChI=1S/C45H31N3O/c1-31(37-24-14-25-38(32-16-6-2-7-17-32)42(37)33-18-8-3-9-19-33)28-29-36-30-40-39(26-15-27-41(40)49-36)45-47-43(34-20-10-4-11-21-34)46-44(48-45)35-22-12-5-13-23-35/h2-30H,1H2/b29-28-. The summed E-state index contributed by atoms with van der Waals surface area (Å²) in [5.41, 5.74) is 10.0. The van der Waals surface area contributed by atoms with Gasteiger partial charge in [0.05, 0.1) is 0 Å². The van der Waals surface area contributed by atoms with Crippen LogP contribution in [0.3, 0.4) is 0 Å². The largest absolute Gasteiger partial charge is 0.457 e. The summed E-state index contributed by atoms with van der Waals surface area (Å²) in [6.45, 7) is 4.50. The number of nitrogens with zero attached hydrogens (tertiary/aromatic N) is 3. The van der Waals surface area contributed by atoms with Gasteiger partial charge in [-0.25, -0.2) is 15.0 Å². The molecule has 0 aliphatic heterocycles. The van der Waals surface area contributed by atoms with Crippen LogP contribution in [0.5, 0.6) is 0 Å². The lowest BCUT2D eigenvalue weighted by molar-refractivity contribution is 0.604. The van der Waals surface area contributed by atoms with Gasteiger partial charge >= 0.3 is 0 Å². The molecular formula is C45H31N3O. The highest BCUT2D eigenvalue weighted by Gasteiger charge is 2.17. The zero-order valence-electron chi connectivity index (χ0n) is 26.7. The van der Waals surface area contributed by atoms with Crippen LogP contribution in [0, 0.1) is 0 Å². The molecule has 0 atom stereocenters. The molecular weight excluding hydrogens is 599 g/mol. The first-order valence-corrected chi connectivity index (χ1v) is 16.2. The van der Waals surface area contributed by atoms with Crippen molar-refractivity contribution in [2.24, 2.45) is 0 Å². The van der Waals surface area contributed by atoms with Crippen molar-refractivity contribution >= 4 is 22.6 Å². The third-order valence-electron chi connectivity index (χ3n) is 8.53. The molecule has 0 amide bonds. The fourth-order valence-electron chi connectivity index (χ4n) is 6.15. The van der Waals surface area contributed by atoms with Gasteiger partial charge in [-0.1, -0.05) is 164 Å². The van der Waals surface area contributed by atoms with E-state index in [-0.39, 0.29) is 0 Å². The van der Waals surface area contributed by atoms with Crippen molar-refractivity contribution in [1.82, 2.24) is 15.0 Å². The second-order valence-corrected chi connectivity index (χ2v) is 11.7. The minimum atomic E-state index is 0.587. The van der Waals surface area contributed by atoms with Crippen molar-refractivity contribution in [3.63, 3.8) is 0 Å². The number of furan rings is 1. The molecule has 0 aliphatic rings. The Hall–Kier alpha value is -6.65. The Bertz CT molecular complexity index is 2370. The predicted molar refractivity (Wildman–Crippen MR) is 201 cm³/mol. The highest BCUT2D eigenvalue weighted by molar-refractivity contribution is 5.96. The number of rotatable bonds is 8. The number of hydrogen-bond donors (Lipinski definition) is 0. The molecule has 8 rings (SSSR count). The smallest absolute Gasteiger partial charge is 0.164 e. The van der Waals surface area contributed by atoms with Crippen molar-refractivity contribution in [2.75, 3.05) is 0 Å². The van der Waals surface area contributed by atoms with Gasteiger partial charge in [0.15, 0.2) is 17.5 Å². The van der Waals surface area contributed by atoms with E-state index < -0.39 is 0 Å². The maximum absolute atomic E-state index is 6.36. The minimum absolute atomic E-state index is 0.587. The zero-order chi connectivity index (χ0) is 33.0. The van der Waals surface area contributed by atoms with Crippen LogP contribution in [0.2, 0.25) is 0 Å². The van der Waals surface area contributed by atoms with E-state index in [0.717, 1.165) is 61.0 Å². The molecule has 8 aromatic rings. The Labute approximate surface area is 285 Å². The van der Waals surface area contributed by atoms with E-state index in [4.69, 9.17) is 19.4 Å². The van der Waals surface area contributed by atoms with Crippen LogP contribution in [-0.4, -0.2) is 15.0 Å². The van der Waals surface area contributed by atoms with Gasteiger partial charge in [-0.3, -0.25) is 0 Å². The molecule has 0 N–H and O–H groups in total. The Morgan fingerprint density at radius 1 is 0.490 bits per heavy atom. The van der Waals surface area contributed by atoms with E-state index in [1.807, 2.05) is 109 Å². The van der Waals surface area contributed by atoms with Gasteiger partial charge in [0.1, 0.15) is 11.3 Å². The van der Waals surface area contributed by atoms with Crippen LogP contribution in [0.4, 0.5) is 0 Å². The molecule has 0 unspecified atom stereocenters. The summed E-state index contributed by atoms with van der Waals surface area (Å²) < 4.78 is 6.36. The fraction of sp³-hybridized carbons (Fsp3) is 0. The summed E-state index contributed by atoms with van der Waals surface area (Å²) in [6.07, 6.45) is 4.01. The average molecular weight is 630 g/mol. The predicted octanol–water partition coefficient (Wildman–Crippen LogP) is 11.7. The van der Waals surface area contributed by atoms with E-state index in [9.17, 15) is 0 Å². The summed E-state index contributed by atoms with van der Waals surface area (Å²) in [5, 5.41) is 0.924. The van der Waals surface area contributed by atoms with Gasteiger partial charge < -0.3 is 4.42 Å². The van der Waals surface area contributed by atoms with Crippen molar-refractivity contribution in [3.05, 3.63) is 188 Å². The van der Waals surface area contributed by atoms with Gasteiger partial charge in [0.2, 0.25) is 0 Å². The van der Waals surface area contributed by atoms with Crippen LogP contribution in [0.15, 0.2) is 181 Å². The third kappa shape index (κ3) is 6.11. The molecule has 0 fully saturated rings. The molecule has 49 heavy (non-hydrogen) atoms. The Morgan fingerprint density at radius 3 is 1.61 bits per heavy atom. The Balaban J connectivity index is 1.18. The van der Waals surface area contributed by atoms with Crippen LogP contribution in [0.25, 0.3) is 79.0 Å². The monoisotopic (exact) mass is 629 g/mol. The van der Waals surface area contributed by atoms with Crippen molar-refractivity contribution in [1.29, 1.82) is 0 Å². The molecule has 0 radical (unpaired) electrons. The van der Waals surface area contributed by atoms with Crippen LogP contribution in [-0.2, 0) is 0 Å². The number of aromatic nitrogens is 3. The second-order valence-electron chi connectivity index (χ2n) is 11.7. The Kier molecular flexibility index (Phi) is 8.02. The van der Waals surface area contributed by atoms with Crippen LogP contribution < -0.4 is 0 Å². The molecule has 2 heterocycles. The first-order valence-electron chi connectivity index (χ1n) is 16.2. The van der Waals surface area contributed by atoms with Crippen molar-refractivity contribution in [3.8, 4) is 56.4 Å². The minimum Gasteiger partial charge on any atom is -0.457 e. The third-order valence-corrected chi connectivity index (χ3v) is 8.53. The van der Waals surface area contributed by atoms with Crippen LogP contribution >= 0.6 is 0 Å². The normalized spacial score (nSPS) is 11.3. The quantitative estimate of drug-likeness (QED) is 0.157. The van der Waals surface area contributed by atoms with E-state index >= 15 is 0 Å². The fourth-order valence-corrected chi connectivity index (χ4v) is 6.15. The summed E-state index contributed by atoms with van der Waals surface area (Å²) in [4.78, 5) is 14.7. The highest BCUT2D eigenvalue weighted by atomic mass is 16.3. The molecule has 0 bridgehead atoms. The topological polar surface area (TPSA) is 51.8 Å². The Morgan fingerprint density at radius 2 is 1.00 bits per heavy atom. The molecule has 2 aromatic heterocycles. The van der Waals surface area contributed by atoms with E-state index in [1.165, 1.54) is 0 Å². The summed E-state index contributed by atoms with van der Waals surface area (Å²) >= 11 is 0. The number of allylic oxidation sites excluding steroid dienone is 2. The molecule has 4 nitrogen and oxygen atoms in total. The molecule has 0 saturated carbocycles. The van der Waals surface area contributed by atoms with Gasteiger partial charge in [-0.2, -0.15) is 0 Å². The average Bonchev–Trinajstić information content (AvgIpc) is 3.61. The summed E-state index contributed by atoms with van der Waals surface area (Å²) in [5.74, 6) is 2.54. The van der Waals surface area contributed by atoms with E-state index in [0.29, 0.717) is 23.2 Å². The number of benzene rings is 6. The molecule has 6 aromatic carbocycles. The lowest BCUT2D eigenvalue weighted by atomic mass is 9.88. The highest BCUT2D eigenvalue weighted by Crippen LogP contribution is 2.38. The first kappa shape index (κ1) is 29.7. The molecule has 0 spiro atoms. The van der Waals surface area contributed by atoms with Gasteiger partial charge in [-0.05, 0) is 51.6 Å². The van der Waals surface area contributed by atoms with Crippen molar-refractivity contribution in [2.45, 2.75) is 0 Å². The van der Waals surface area contributed by atoms with Gasteiger partial charge in [0, 0.05) is 22.1 Å². The maximum atomic E-state index is 6.36. The van der Waals surface area contributed by atoms with Gasteiger partial charge in [-0.15, -0.1) is 0 Å². The SMILES string of the molecule is C=C(/C=C\c1cc2c(-c3nc(-c4ccccc4)nc(-c4ccccc4)n3)cccc2o1)c1cccc(-c2ccccc2)c1-c1ccccc1. The summed E-state index contributed by atoms with van der Waals surface area (Å²) in [7, 11) is 0. The lowest BCUT2D eigenvalue weighted by Crippen LogP contribution is -2.00. The first-order chi connectivity index (χ1) is 24.2. The van der Waals surface area contributed by atoms with Crippen molar-refractivity contribution < 1.29 is 4.42 Å². The maximum Gasteiger partial charge on any atom is 0.164 e.